The Balaban J connectivity index is 1.71. The van der Waals surface area contributed by atoms with Crippen LogP contribution in [0, 0.1) is 0 Å². The van der Waals surface area contributed by atoms with E-state index in [4.69, 9.17) is 0 Å². The van der Waals surface area contributed by atoms with Gasteiger partial charge in [0.2, 0.25) is 0 Å². The number of hydrogen-bond acceptors (Lipinski definition) is 2. The molecule has 4 heterocycles. The van der Waals surface area contributed by atoms with Crippen LogP contribution in [0.25, 0.3) is 75.9 Å². The van der Waals surface area contributed by atoms with Crippen molar-refractivity contribution in [1.29, 1.82) is 0 Å². The normalized spacial score (nSPS) is 12.7. The first-order chi connectivity index (χ1) is 14.9. The van der Waals surface area contributed by atoms with Crippen LogP contribution < -0.4 is 0 Å². The minimum absolute atomic E-state index is 1.13. The molecule has 4 nitrogen and oxygen atoms in total. The Morgan fingerprint density at radius 2 is 0.967 bits per heavy atom. The summed E-state index contributed by atoms with van der Waals surface area (Å²) >= 11 is 0. The molecule has 138 valence electrons. The van der Waals surface area contributed by atoms with Gasteiger partial charge in [-0.1, -0.05) is 24.3 Å². The van der Waals surface area contributed by atoms with E-state index in [-0.39, 0.29) is 0 Å². The van der Waals surface area contributed by atoms with Gasteiger partial charge in [0.15, 0.2) is 0 Å². The van der Waals surface area contributed by atoms with Crippen LogP contribution in [0.1, 0.15) is 0 Å². The van der Waals surface area contributed by atoms with Crippen LogP contribution in [0.2, 0.25) is 0 Å². The van der Waals surface area contributed by atoms with Gasteiger partial charge in [-0.25, -0.2) is 0 Å². The fourth-order valence-electron chi connectivity index (χ4n) is 5.42. The third kappa shape index (κ3) is 1.61. The highest BCUT2D eigenvalue weighted by Crippen LogP contribution is 2.43. The summed E-state index contributed by atoms with van der Waals surface area (Å²) < 4.78 is 0. The van der Waals surface area contributed by atoms with Gasteiger partial charge in [0.05, 0.1) is 0 Å². The van der Waals surface area contributed by atoms with Crippen molar-refractivity contribution < 1.29 is 0 Å². The summed E-state index contributed by atoms with van der Waals surface area (Å²) in [6.07, 6.45) is 7.62. The Kier molecular flexibility index (Phi) is 2.39. The summed E-state index contributed by atoms with van der Waals surface area (Å²) in [6, 6.07) is 17.7. The van der Waals surface area contributed by atoms with Crippen LogP contribution in [0.3, 0.4) is 0 Å². The lowest BCUT2D eigenvalue weighted by Gasteiger charge is -2.13. The second kappa shape index (κ2) is 4.86. The van der Waals surface area contributed by atoms with Crippen molar-refractivity contribution in [2.45, 2.75) is 0 Å². The topological polar surface area (TPSA) is 57.4 Å². The van der Waals surface area contributed by atoms with Crippen molar-refractivity contribution in [2.75, 3.05) is 0 Å². The molecule has 0 aliphatic rings. The Hall–Kier alpha value is -4.18. The van der Waals surface area contributed by atoms with Crippen LogP contribution in [0.5, 0.6) is 0 Å². The van der Waals surface area contributed by atoms with Crippen molar-refractivity contribution >= 4 is 75.9 Å². The molecule has 0 spiro atoms. The Bertz CT molecular complexity index is 1810. The number of aromatic amines is 2. The summed E-state index contributed by atoms with van der Waals surface area (Å²) in [5, 5.41) is 12.6. The lowest BCUT2D eigenvalue weighted by atomic mass is 9.90. The Morgan fingerprint density at radius 1 is 0.467 bits per heavy atom. The molecule has 0 radical (unpaired) electrons. The van der Waals surface area contributed by atoms with E-state index in [1.165, 1.54) is 53.9 Å². The maximum Gasteiger partial charge on any atom is 0.0496 e. The van der Waals surface area contributed by atoms with Gasteiger partial charge in [-0.2, -0.15) is 0 Å². The molecule has 30 heavy (non-hydrogen) atoms. The van der Waals surface area contributed by atoms with E-state index >= 15 is 0 Å². The summed E-state index contributed by atoms with van der Waals surface area (Å²) in [6.45, 7) is 0. The zero-order valence-electron chi connectivity index (χ0n) is 15.8. The zero-order valence-corrected chi connectivity index (χ0v) is 15.8. The molecule has 0 unspecified atom stereocenters. The van der Waals surface area contributed by atoms with Gasteiger partial charge >= 0.3 is 0 Å². The lowest BCUT2D eigenvalue weighted by Crippen LogP contribution is -1.86. The van der Waals surface area contributed by atoms with Crippen LogP contribution in [-0.2, 0) is 0 Å². The number of aromatic nitrogens is 4. The number of nitrogens with one attached hydrogen (secondary N) is 2. The van der Waals surface area contributed by atoms with Gasteiger partial charge in [0.1, 0.15) is 0 Å². The van der Waals surface area contributed by atoms with E-state index in [1.54, 1.807) is 0 Å². The van der Waals surface area contributed by atoms with Crippen LogP contribution >= 0.6 is 0 Å². The molecular formula is C26H14N4. The van der Waals surface area contributed by atoms with Gasteiger partial charge in [-0.15, -0.1) is 0 Å². The molecule has 0 saturated heterocycles. The molecule has 0 atom stereocenters. The second-order valence-electron chi connectivity index (χ2n) is 8.11. The molecule has 4 aromatic heterocycles. The minimum atomic E-state index is 1.13. The maximum absolute atomic E-state index is 4.38. The van der Waals surface area contributed by atoms with E-state index in [0.29, 0.717) is 0 Å². The van der Waals surface area contributed by atoms with Gasteiger partial charge in [0.25, 0.3) is 0 Å². The largest absolute Gasteiger partial charge is 0.354 e. The number of rotatable bonds is 0. The molecule has 0 aliphatic carbocycles. The fraction of sp³-hybridized carbons (Fsp3) is 0. The third-order valence-electron chi connectivity index (χ3n) is 6.62. The molecule has 0 aliphatic heterocycles. The minimum Gasteiger partial charge on any atom is -0.354 e. The van der Waals surface area contributed by atoms with Crippen LogP contribution in [0.4, 0.5) is 0 Å². The highest BCUT2D eigenvalue weighted by Gasteiger charge is 2.17. The predicted octanol–water partition coefficient (Wildman–Crippen LogP) is 6.64. The average molecular weight is 382 g/mol. The van der Waals surface area contributed by atoms with E-state index in [9.17, 15) is 0 Å². The van der Waals surface area contributed by atoms with E-state index in [1.807, 2.05) is 36.9 Å². The van der Waals surface area contributed by atoms with Crippen molar-refractivity contribution in [3.63, 3.8) is 0 Å². The standard InChI is InChI=1S/C26H14N4/c1-3-15-24-14(10-22-25(15)17-11-27-7-5-19(17)30-22)2-4-16-23(24)13(1)9-21-26(16)18-12-28-8-6-20(18)29-21/h1-12,29-30H. The molecule has 0 saturated carbocycles. The van der Waals surface area contributed by atoms with Crippen LogP contribution in [-0.4, -0.2) is 19.9 Å². The monoisotopic (exact) mass is 382 g/mol. The SMILES string of the molecule is c1cc2[nH]c3cc4ccc5c6c(cc7ccc(c3c2cn1)c4c75)[nH]c1ccncc16. The molecule has 8 aromatic rings. The zero-order chi connectivity index (χ0) is 19.4. The number of hydrogen-bond donors (Lipinski definition) is 2. The highest BCUT2D eigenvalue weighted by molar-refractivity contribution is 6.36. The molecule has 4 heteroatoms. The van der Waals surface area contributed by atoms with Crippen molar-refractivity contribution in [3.8, 4) is 0 Å². The Morgan fingerprint density at radius 3 is 1.47 bits per heavy atom. The first-order valence-electron chi connectivity index (χ1n) is 10.1. The molecular weight excluding hydrogens is 368 g/mol. The fourth-order valence-corrected chi connectivity index (χ4v) is 5.42. The van der Waals surface area contributed by atoms with Gasteiger partial charge in [0, 0.05) is 68.4 Å². The maximum atomic E-state index is 4.38. The quantitative estimate of drug-likeness (QED) is 0.289. The third-order valence-corrected chi connectivity index (χ3v) is 6.62. The second-order valence-corrected chi connectivity index (χ2v) is 8.11. The number of pyridine rings is 2. The smallest absolute Gasteiger partial charge is 0.0496 e. The van der Waals surface area contributed by atoms with Crippen molar-refractivity contribution in [1.82, 2.24) is 19.9 Å². The van der Waals surface area contributed by atoms with Gasteiger partial charge in [-0.3, -0.25) is 9.97 Å². The predicted molar refractivity (Wildman–Crippen MR) is 124 cm³/mol. The molecule has 0 fully saturated rings. The van der Waals surface area contributed by atoms with E-state index in [0.717, 1.165) is 22.1 Å². The number of fused-ring (bicyclic) bond motifs is 8. The number of H-pyrrole nitrogens is 2. The number of nitrogens with zero attached hydrogens (tertiary/aromatic N) is 2. The highest BCUT2D eigenvalue weighted by atomic mass is 14.7. The molecule has 8 rings (SSSR count). The molecule has 4 aromatic carbocycles. The summed E-state index contributed by atoms with van der Waals surface area (Å²) in [5.41, 5.74) is 4.57. The Labute approximate surface area is 169 Å². The first-order valence-corrected chi connectivity index (χ1v) is 10.1. The van der Waals surface area contributed by atoms with Crippen molar-refractivity contribution in [2.24, 2.45) is 0 Å². The average Bonchev–Trinajstić information content (AvgIpc) is 3.34. The molecule has 0 bridgehead atoms. The van der Waals surface area contributed by atoms with Gasteiger partial charge < -0.3 is 9.97 Å². The summed E-state index contributed by atoms with van der Waals surface area (Å²) in [7, 11) is 0. The number of benzene rings is 4. The van der Waals surface area contributed by atoms with E-state index in [2.05, 4.69) is 56.3 Å². The lowest BCUT2D eigenvalue weighted by molar-refractivity contribution is 1.36. The summed E-state index contributed by atoms with van der Waals surface area (Å²) in [5.74, 6) is 0. The summed E-state index contributed by atoms with van der Waals surface area (Å²) in [4.78, 5) is 15.9. The first kappa shape index (κ1) is 14.8. The van der Waals surface area contributed by atoms with Gasteiger partial charge in [-0.05, 0) is 56.6 Å². The van der Waals surface area contributed by atoms with Crippen molar-refractivity contribution in [3.05, 3.63) is 73.3 Å². The van der Waals surface area contributed by atoms with E-state index < -0.39 is 0 Å². The molecule has 0 amide bonds. The van der Waals surface area contributed by atoms with Crippen LogP contribution in [0.15, 0.2) is 73.3 Å². The molecule has 2 N–H and O–H groups in total.